The first-order valence-electron chi connectivity index (χ1n) is 5.51. The molecule has 0 amide bonds. The van der Waals surface area contributed by atoms with Crippen molar-refractivity contribution in [2.24, 2.45) is 0 Å². The first-order chi connectivity index (χ1) is 8.12. The van der Waals surface area contributed by atoms with Gasteiger partial charge in [0.1, 0.15) is 18.0 Å². The van der Waals surface area contributed by atoms with Crippen molar-refractivity contribution < 1.29 is 9.84 Å². The standard InChI is InChI=1S/C14H15ClO2/c1-14(16,9-15)10-17-13-8-4-6-11-5-2-3-7-12(11)13/h2-8,16H,9-10H2,1H3. The van der Waals surface area contributed by atoms with Gasteiger partial charge in [0.2, 0.25) is 0 Å². The van der Waals surface area contributed by atoms with Crippen LogP contribution in [0.15, 0.2) is 42.5 Å². The van der Waals surface area contributed by atoms with Crippen molar-refractivity contribution in [2.75, 3.05) is 12.5 Å². The summed E-state index contributed by atoms with van der Waals surface area (Å²) in [5.74, 6) is 0.922. The molecule has 0 radical (unpaired) electrons. The van der Waals surface area contributed by atoms with Crippen LogP contribution < -0.4 is 4.74 Å². The number of rotatable bonds is 4. The number of benzene rings is 2. The summed E-state index contributed by atoms with van der Waals surface area (Å²) in [5, 5.41) is 12.0. The van der Waals surface area contributed by atoms with Gasteiger partial charge in [0.15, 0.2) is 0 Å². The highest BCUT2D eigenvalue weighted by atomic mass is 35.5. The van der Waals surface area contributed by atoms with Crippen LogP contribution >= 0.6 is 11.6 Å². The molecule has 0 fully saturated rings. The highest BCUT2D eigenvalue weighted by Gasteiger charge is 2.20. The number of alkyl halides is 1. The van der Waals surface area contributed by atoms with Crippen molar-refractivity contribution in [2.45, 2.75) is 12.5 Å². The normalized spacial score (nSPS) is 14.5. The number of hydrogen-bond donors (Lipinski definition) is 1. The van der Waals surface area contributed by atoms with Gasteiger partial charge in [0.25, 0.3) is 0 Å². The van der Waals surface area contributed by atoms with Crippen LogP contribution in [0.5, 0.6) is 5.75 Å². The van der Waals surface area contributed by atoms with Crippen molar-refractivity contribution in [3.63, 3.8) is 0 Å². The fourth-order valence-corrected chi connectivity index (χ4v) is 1.67. The van der Waals surface area contributed by atoms with Crippen LogP contribution in [0.1, 0.15) is 6.92 Å². The minimum absolute atomic E-state index is 0.151. The molecular formula is C14H15ClO2. The third-order valence-corrected chi connectivity index (χ3v) is 3.15. The van der Waals surface area contributed by atoms with Crippen LogP contribution in [0.25, 0.3) is 10.8 Å². The van der Waals surface area contributed by atoms with Gasteiger partial charge in [-0.3, -0.25) is 0 Å². The van der Waals surface area contributed by atoms with E-state index < -0.39 is 5.60 Å². The van der Waals surface area contributed by atoms with E-state index in [0.717, 1.165) is 16.5 Å². The van der Waals surface area contributed by atoms with Gasteiger partial charge < -0.3 is 9.84 Å². The molecule has 2 nitrogen and oxygen atoms in total. The third-order valence-electron chi connectivity index (χ3n) is 2.58. The Labute approximate surface area is 106 Å². The van der Waals surface area contributed by atoms with Crippen molar-refractivity contribution in [1.29, 1.82) is 0 Å². The van der Waals surface area contributed by atoms with E-state index in [1.54, 1.807) is 6.92 Å². The van der Waals surface area contributed by atoms with Gasteiger partial charge in [0.05, 0.1) is 5.88 Å². The topological polar surface area (TPSA) is 29.5 Å². The van der Waals surface area contributed by atoms with E-state index in [-0.39, 0.29) is 12.5 Å². The molecule has 0 heterocycles. The quantitative estimate of drug-likeness (QED) is 0.845. The summed E-state index contributed by atoms with van der Waals surface area (Å²) in [6, 6.07) is 13.8. The van der Waals surface area contributed by atoms with E-state index in [1.165, 1.54) is 0 Å². The average Bonchev–Trinajstić information content (AvgIpc) is 2.36. The fourth-order valence-electron chi connectivity index (χ4n) is 1.59. The highest BCUT2D eigenvalue weighted by molar-refractivity contribution is 6.18. The maximum Gasteiger partial charge on any atom is 0.127 e. The Morgan fingerprint density at radius 2 is 1.88 bits per heavy atom. The maximum absolute atomic E-state index is 9.80. The predicted octanol–water partition coefficient (Wildman–Crippen LogP) is 3.21. The minimum atomic E-state index is -1.00. The summed E-state index contributed by atoms with van der Waals surface area (Å²) >= 11 is 5.65. The predicted molar refractivity (Wildman–Crippen MR) is 70.8 cm³/mol. The molecule has 2 aromatic carbocycles. The molecule has 1 unspecified atom stereocenters. The SMILES string of the molecule is CC(O)(CCl)COc1cccc2ccccc12. The molecule has 0 aliphatic rings. The Bertz CT molecular complexity index is 503. The Balaban J connectivity index is 2.24. The van der Waals surface area contributed by atoms with Crippen LogP contribution in [-0.2, 0) is 0 Å². The van der Waals surface area contributed by atoms with Gasteiger partial charge in [-0.2, -0.15) is 0 Å². The average molecular weight is 251 g/mol. The highest BCUT2D eigenvalue weighted by Crippen LogP contribution is 2.25. The molecule has 2 aromatic rings. The summed E-state index contributed by atoms with van der Waals surface area (Å²) < 4.78 is 5.64. The van der Waals surface area contributed by atoms with Gasteiger partial charge in [-0.05, 0) is 18.4 Å². The molecule has 90 valence electrons. The summed E-state index contributed by atoms with van der Waals surface area (Å²) in [6.07, 6.45) is 0. The Kier molecular flexibility index (Phi) is 3.55. The van der Waals surface area contributed by atoms with E-state index in [0.29, 0.717) is 0 Å². The first-order valence-corrected chi connectivity index (χ1v) is 6.05. The van der Waals surface area contributed by atoms with Crippen molar-refractivity contribution in [3.8, 4) is 5.75 Å². The second kappa shape index (κ2) is 4.94. The second-order valence-corrected chi connectivity index (χ2v) is 4.66. The van der Waals surface area contributed by atoms with Crippen LogP contribution in [0.3, 0.4) is 0 Å². The number of halogens is 1. The van der Waals surface area contributed by atoms with Crippen LogP contribution in [0, 0.1) is 0 Å². The summed E-state index contributed by atoms with van der Waals surface area (Å²) in [4.78, 5) is 0. The molecule has 17 heavy (non-hydrogen) atoms. The lowest BCUT2D eigenvalue weighted by Gasteiger charge is -2.21. The smallest absolute Gasteiger partial charge is 0.127 e. The van der Waals surface area contributed by atoms with E-state index in [1.807, 2.05) is 42.5 Å². The van der Waals surface area contributed by atoms with Crippen molar-refractivity contribution >= 4 is 22.4 Å². The molecule has 0 bridgehead atoms. The Morgan fingerprint density at radius 3 is 2.65 bits per heavy atom. The lowest BCUT2D eigenvalue weighted by molar-refractivity contribution is 0.0322. The van der Waals surface area contributed by atoms with Crippen LogP contribution in [0.4, 0.5) is 0 Å². The monoisotopic (exact) mass is 250 g/mol. The number of fused-ring (bicyclic) bond motifs is 1. The van der Waals surface area contributed by atoms with Crippen molar-refractivity contribution in [3.05, 3.63) is 42.5 Å². The van der Waals surface area contributed by atoms with E-state index in [4.69, 9.17) is 16.3 Å². The van der Waals surface area contributed by atoms with Crippen molar-refractivity contribution in [1.82, 2.24) is 0 Å². The lowest BCUT2D eigenvalue weighted by atomic mass is 10.1. The molecule has 0 aromatic heterocycles. The molecule has 0 aliphatic heterocycles. The van der Waals surface area contributed by atoms with E-state index >= 15 is 0 Å². The molecule has 1 atom stereocenters. The van der Waals surface area contributed by atoms with Gasteiger partial charge in [-0.15, -0.1) is 11.6 Å². The Hall–Kier alpha value is -1.25. The molecule has 2 rings (SSSR count). The summed E-state index contributed by atoms with van der Waals surface area (Å²) in [7, 11) is 0. The molecular weight excluding hydrogens is 236 g/mol. The number of aliphatic hydroxyl groups is 1. The summed E-state index contributed by atoms with van der Waals surface area (Å²) in [5.41, 5.74) is -1.00. The molecule has 0 spiro atoms. The van der Waals surface area contributed by atoms with Gasteiger partial charge >= 0.3 is 0 Å². The van der Waals surface area contributed by atoms with Gasteiger partial charge in [0, 0.05) is 5.39 Å². The number of ether oxygens (including phenoxy) is 1. The number of hydrogen-bond acceptors (Lipinski definition) is 2. The van der Waals surface area contributed by atoms with Crippen LogP contribution in [-0.4, -0.2) is 23.2 Å². The van der Waals surface area contributed by atoms with Crippen LogP contribution in [0.2, 0.25) is 0 Å². The third kappa shape index (κ3) is 2.90. The van der Waals surface area contributed by atoms with E-state index in [9.17, 15) is 5.11 Å². The molecule has 3 heteroatoms. The molecule has 0 aliphatic carbocycles. The van der Waals surface area contributed by atoms with E-state index in [2.05, 4.69) is 0 Å². The Morgan fingerprint density at radius 1 is 1.18 bits per heavy atom. The summed E-state index contributed by atoms with van der Waals surface area (Å²) in [6.45, 7) is 1.84. The maximum atomic E-state index is 9.80. The minimum Gasteiger partial charge on any atom is -0.490 e. The zero-order chi connectivity index (χ0) is 12.3. The molecule has 1 N–H and O–H groups in total. The zero-order valence-electron chi connectivity index (χ0n) is 9.69. The first kappa shape index (κ1) is 12.2. The van der Waals surface area contributed by atoms with Gasteiger partial charge in [-0.25, -0.2) is 0 Å². The van der Waals surface area contributed by atoms with Gasteiger partial charge in [-0.1, -0.05) is 36.4 Å². The molecule has 0 saturated heterocycles. The zero-order valence-corrected chi connectivity index (χ0v) is 10.4. The molecule has 0 saturated carbocycles. The fraction of sp³-hybridized carbons (Fsp3) is 0.286. The lowest BCUT2D eigenvalue weighted by Crippen LogP contribution is -2.34. The largest absolute Gasteiger partial charge is 0.490 e. The second-order valence-electron chi connectivity index (χ2n) is 4.40.